The third kappa shape index (κ3) is 3.58. The summed E-state index contributed by atoms with van der Waals surface area (Å²) in [7, 11) is 0. The number of ether oxygens (including phenoxy) is 1. The van der Waals surface area contributed by atoms with Crippen LogP contribution < -0.4 is 10.6 Å². The molecule has 3 atom stereocenters. The molecule has 1 aliphatic heterocycles. The largest absolute Gasteiger partial charge is 0.377 e. The third-order valence-electron chi connectivity index (χ3n) is 6.11. The number of aliphatic imine (C=N–C) groups is 1. The number of guanidine groups is 1. The van der Waals surface area contributed by atoms with Gasteiger partial charge in [0.1, 0.15) is 0 Å². The van der Waals surface area contributed by atoms with Crippen molar-refractivity contribution in [3.63, 3.8) is 0 Å². The van der Waals surface area contributed by atoms with Gasteiger partial charge >= 0.3 is 0 Å². The zero-order valence-electron chi connectivity index (χ0n) is 15.2. The number of nitrogens with one attached hydrogen (secondary N) is 2. The van der Waals surface area contributed by atoms with Gasteiger partial charge in [-0.05, 0) is 45.2 Å². The first-order chi connectivity index (χ1) is 11.7. The van der Waals surface area contributed by atoms with Gasteiger partial charge < -0.3 is 15.4 Å². The summed E-state index contributed by atoms with van der Waals surface area (Å²) in [4.78, 5) is 7.54. The second-order valence-corrected chi connectivity index (χ2v) is 8.89. The molecular formula is C19H30IN3OS. The van der Waals surface area contributed by atoms with E-state index in [1.807, 2.05) is 11.3 Å². The lowest BCUT2D eigenvalue weighted by atomic mass is 9.54. The highest BCUT2D eigenvalue weighted by Crippen LogP contribution is 2.60. The molecule has 3 aliphatic rings. The van der Waals surface area contributed by atoms with Crippen LogP contribution in [-0.4, -0.2) is 31.3 Å². The summed E-state index contributed by atoms with van der Waals surface area (Å²) >= 11 is 1.84. The smallest absolute Gasteiger partial charge is 0.191 e. The van der Waals surface area contributed by atoms with Crippen molar-refractivity contribution in [2.45, 2.75) is 64.6 Å². The lowest BCUT2D eigenvalue weighted by Gasteiger charge is -2.57. The molecule has 0 bridgehead atoms. The quantitative estimate of drug-likeness (QED) is 0.392. The number of nitrogens with zero attached hydrogens (tertiary/aromatic N) is 1. The second kappa shape index (κ2) is 8.13. The van der Waals surface area contributed by atoms with Crippen molar-refractivity contribution in [3.05, 3.63) is 21.9 Å². The molecule has 0 amide bonds. The van der Waals surface area contributed by atoms with Crippen molar-refractivity contribution < 1.29 is 4.74 Å². The topological polar surface area (TPSA) is 45.7 Å². The molecule has 4 rings (SSSR count). The van der Waals surface area contributed by atoms with Crippen molar-refractivity contribution in [2.75, 3.05) is 13.2 Å². The van der Waals surface area contributed by atoms with E-state index in [-0.39, 0.29) is 24.0 Å². The zero-order chi connectivity index (χ0) is 16.6. The van der Waals surface area contributed by atoms with E-state index in [0.29, 0.717) is 23.5 Å². The standard InChI is InChI=1S/C19H29N3OS.HI/c1-3-20-18(21-12-14-7-6-13(2)24-14)22-16-15-8-11-23-17(15)19(16)9-4-5-10-19;/h6-7,15-17H,3-5,8-12H2,1-2H3,(H2,20,21,22);1H. The molecule has 0 aromatic carbocycles. The van der Waals surface area contributed by atoms with Crippen molar-refractivity contribution in [2.24, 2.45) is 16.3 Å². The minimum Gasteiger partial charge on any atom is -0.377 e. The van der Waals surface area contributed by atoms with Crippen LogP contribution in [0.1, 0.15) is 48.8 Å². The summed E-state index contributed by atoms with van der Waals surface area (Å²) in [5.41, 5.74) is 0.372. The molecule has 2 heterocycles. The Bertz CT molecular complexity index is 612. The lowest BCUT2D eigenvalue weighted by Crippen LogP contribution is -2.69. The molecule has 2 N–H and O–H groups in total. The van der Waals surface area contributed by atoms with Crippen LogP contribution in [-0.2, 0) is 11.3 Å². The average molecular weight is 475 g/mol. The molecular weight excluding hydrogens is 445 g/mol. The Morgan fingerprint density at radius 3 is 2.84 bits per heavy atom. The SMILES string of the molecule is CCNC(=NCc1ccc(C)s1)NC1C2CCOC2C12CCCC2.I. The minimum absolute atomic E-state index is 0. The van der Waals surface area contributed by atoms with Crippen LogP contribution >= 0.6 is 35.3 Å². The van der Waals surface area contributed by atoms with Gasteiger partial charge in [0.25, 0.3) is 0 Å². The first-order valence-corrected chi connectivity index (χ1v) is 10.3. The molecule has 6 heteroatoms. The van der Waals surface area contributed by atoms with Crippen LogP contribution in [0.15, 0.2) is 17.1 Å². The minimum atomic E-state index is 0. The van der Waals surface area contributed by atoms with Gasteiger partial charge in [0.2, 0.25) is 0 Å². The van der Waals surface area contributed by atoms with Crippen LogP contribution in [0.5, 0.6) is 0 Å². The fourth-order valence-corrected chi connectivity index (χ4v) is 5.91. The normalized spacial score (nSPS) is 29.8. The fourth-order valence-electron chi connectivity index (χ4n) is 5.10. The Hall–Kier alpha value is -0.340. The predicted molar refractivity (Wildman–Crippen MR) is 115 cm³/mol. The van der Waals surface area contributed by atoms with Crippen LogP contribution in [0.4, 0.5) is 0 Å². The maximum absolute atomic E-state index is 6.09. The molecule has 2 aliphatic carbocycles. The molecule has 1 aromatic heterocycles. The van der Waals surface area contributed by atoms with Gasteiger partial charge in [-0.15, -0.1) is 35.3 Å². The summed E-state index contributed by atoms with van der Waals surface area (Å²) in [6.07, 6.45) is 7.04. The van der Waals surface area contributed by atoms with E-state index in [4.69, 9.17) is 9.73 Å². The fraction of sp³-hybridized carbons (Fsp3) is 0.737. The molecule has 1 spiro atoms. The Labute approximate surface area is 172 Å². The summed E-state index contributed by atoms with van der Waals surface area (Å²) in [6, 6.07) is 4.90. The zero-order valence-corrected chi connectivity index (χ0v) is 18.4. The highest BCUT2D eigenvalue weighted by Gasteiger charge is 2.65. The van der Waals surface area contributed by atoms with Crippen molar-refractivity contribution in [1.29, 1.82) is 0 Å². The summed E-state index contributed by atoms with van der Waals surface area (Å²) in [5, 5.41) is 7.25. The number of thiophene rings is 1. The highest BCUT2D eigenvalue weighted by atomic mass is 127. The molecule has 2 saturated carbocycles. The third-order valence-corrected chi connectivity index (χ3v) is 7.10. The first kappa shape index (κ1) is 19.4. The van der Waals surface area contributed by atoms with Gasteiger partial charge in [-0.25, -0.2) is 4.99 Å². The maximum Gasteiger partial charge on any atom is 0.191 e. The van der Waals surface area contributed by atoms with E-state index in [1.54, 1.807) is 0 Å². The predicted octanol–water partition coefficient (Wildman–Crippen LogP) is 4.08. The number of hydrogen-bond acceptors (Lipinski definition) is 3. The van der Waals surface area contributed by atoms with Gasteiger partial charge in [-0.3, -0.25) is 0 Å². The van der Waals surface area contributed by atoms with Gasteiger partial charge in [0, 0.05) is 40.3 Å². The van der Waals surface area contributed by atoms with Gasteiger partial charge in [0.05, 0.1) is 12.6 Å². The Balaban J connectivity index is 0.00000182. The summed E-state index contributed by atoms with van der Waals surface area (Å²) in [6.45, 7) is 6.90. The van der Waals surface area contributed by atoms with Crippen LogP contribution in [0, 0.1) is 18.3 Å². The lowest BCUT2D eigenvalue weighted by molar-refractivity contribution is -0.125. The molecule has 0 radical (unpaired) electrons. The van der Waals surface area contributed by atoms with E-state index < -0.39 is 0 Å². The molecule has 1 saturated heterocycles. The summed E-state index contributed by atoms with van der Waals surface area (Å²) < 4.78 is 6.09. The number of hydrogen-bond donors (Lipinski definition) is 2. The van der Waals surface area contributed by atoms with Crippen molar-refractivity contribution in [3.8, 4) is 0 Å². The van der Waals surface area contributed by atoms with E-state index in [2.05, 4.69) is 36.6 Å². The molecule has 1 aromatic rings. The Kier molecular flexibility index (Phi) is 6.31. The first-order valence-electron chi connectivity index (χ1n) is 9.45. The highest BCUT2D eigenvalue weighted by molar-refractivity contribution is 14.0. The van der Waals surface area contributed by atoms with E-state index >= 15 is 0 Å². The number of fused-ring (bicyclic) bond motifs is 2. The summed E-state index contributed by atoms with van der Waals surface area (Å²) in [5.74, 6) is 1.65. The van der Waals surface area contributed by atoms with Crippen molar-refractivity contribution >= 4 is 41.3 Å². The van der Waals surface area contributed by atoms with E-state index in [0.717, 1.165) is 25.7 Å². The molecule has 4 nitrogen and oxygen atoms in total. The van der Waals surface area contributed by atoms with Crippen LogP contribution in [0.3, 0.4) is 0 Å². The molecule has 3 unspecified atom stereocenters. The number of rotatable bonds is 4. The second-order valence-electron chi connectivity index (χ2n) is 7.51. The van der Waals surface area contributed by atoms with Gasteiger partial charge in [-0.2, -0.15) is 0 Å². The van der Waals surface area contributed by atoms with Crippen LogP contribution in [0.2, 0.25) is 0 Å². The number of aryl methyl sites for hydroxylation is 1. The van der Waals surface area contributed by atoms with E-state index in [1.165, 1.54) is 41.9 Å². The molecule has 25 heavy (non-hydrogen) atoms. The average Bonchev–Trinajstić information content (AvgIpc) is 3.29. The Morgan fingerprint density at radius 1 is 1.36 bits per heavy atom. The van der Waals surface area contributed by atoms with E-state index in [9.17, 15) is 0 Å². The monoisotopic (exact) mass is 475 g/mol. The number of halogens is 1. The van der Waals surface area contributed by atoms with Gasteiger partial charge in [-0.1, -0.05) is 12.8 Å². The van der Waals surface area contributed by atoms with Crippen LogP contribution in [0.25, 0.3) is 0 Å². The Morgan fingerprint density at radius 2 is 2.16 bits per heavy atom. The van der Waals surface area contributed by atoms with Crippen molar-refractivity contribution in [1.82, 2.24) is 10.6 Å². The molecule has 140 valence electrons. The maximum atomic E-state index is 6.09. The molecule has 3 fully saturated rings. The van der Waals surface area contributed by atoms with Gasteiger partial charge in [0.15, 0.2) is 5.96 Å².